The largest absolute Gasteiger partial charge is 0.465 e. The minimum Gasteiger partial charge on any atom is -0.465 e. The van der Waals surface area contributed by atoms with Crippen molar-refractivity contribution in [1.29, 1.82) is 0 Å². The molecule has 0 heterocycles. The van der Waals surface area contributed by atoms with E-state index in [4.69, 9.17) is 4.74 Å². The Morgan fingerprint density at radius 1 is 1.11 bits per heavy atom. The van der Waals surface area contributed by atoms with E-state index >= 15 is 0 Å². The number of hydrogen-bond acceptors (Lipinski definition) is 3. The monoisotopic (exact) mass is 243 g/mol. The third-order valence-corrected chi connectivity index (χ3v) is 2.91. The Morgan fingerprint density at radius 2 is 1.78 bits per heavy atom. The third kappa shape index (κ3) is 2.36. The molecule has 0 atom stereocenters. The van der Waals surface area contributed by atoms with E-state index in [9.17, 15) is 4.79 Å². The molecule has 2 rings (SSSR count). The lowest BCUT2D eigenvalue weighted by Crippen LogP contribution is -2.11. The number of nitrogens with zero attached hydrogens (tertiary/aromatic N) is 1. The predicted molar refractivity (Wildman–Crippen MR) is 72.7 cm³/mol. The van der Waals surface area contributed by atoms with Crippen LogP contribution in [0.2, 0.25) is 0 Å². The van der Waals surface area contributed by atoms with Gasteiger partial charge in [0.25, 0.3) is 0 Å². The normalized spacial score (nSPS) is 10.9. The van der Waals surface area contributed by atoms with Gasteiger partial charge in [-0.3, -0.25) is 0 Å². The number of fused-ring (bicyclic) bond motifs is 1. The Morgan fingerprint density at radius 3 is 2.39 bits per heavy atom. The average molecular weight is 243 g/mol. The molecule has 3 heteroatoms. The molecule has 0 saturated carbocycles. The van der Waals surface area contributed by atoms with Crippen molar-refractivity contribution in [1.82, 2.24) is 4.90 Å². The lowest BCUT2D eigenvalue weighted by molar-refractivity contribution is 0.0603. The number of hydrogen-bond donors (Lipinski definition) is 0. The SMILES string of the molecule is COC(=O)c1ccc(CN(C)C)c2ccccc12. The van der Waals surface area contributed by atoms with Gasteiger partial charge in [-0.1, -0.05) is 30.3 Å². The summed E-state index contributed by atoms with van der Waals surface area (Å²) >= 11 is 0. The van der Waals surface area contributed by atoms with Gasteiger partial charge < -0.3 is 9.64 Å². The fourth-order valence-electron chi connectivity index (χ4n) is 2.13. The Hall–Kier alpha value is -1.87. The molecule has 0 fully saturated rings. The highest BCUT2D eigenvalue weighted by molar-refractivity contribution is 6.05. The summed E-state index contributed by atoms with van der Waals surface area (Å²) in [5, 5.41) is 2.05. The van der Waals surface area contributed by atoms with Crippen LogP contribution in [0, 0.1) is 0 Å². The lowest BCUT2D eigenvalue weighted by Gasteiger charge is -2.14. The fraction of sp³-hybridized carbons (Fsp3) is 0.267. The van der Waals surface area contributed by atoms with Crippen LogP contribution in [0.3, 0.4) is 0 Å². The quantitative estimate of drug-likeness (QED) is 0.776. The Labute approximate surface area is 107 Å². The van der Waals surface area contributed by atoms with E-state index in [1.165, 1.54) is 12.7 Å². The molecule has 0 saturated heterocycles. The molecule has 0 aliphatic heterocycles. The van der Waals surface area contributed by atoms with Crippen molar-refractivity contribution in [3.63, 3.8) is 0 Å². The van der Waals surface area contributed by atoms with Crippen molar-refractivity contribution in [3.05, 3.63) is 47.5 Å². The first-order chi connectivity index (χ1) is 8.63. The second-order valence-electron chi connectivity index (χ2n) is 4.55. The maximum absolute atomic E-state index is 11.7. The molecular weight excluding hydrogens is 226 g/mol. The van der Waals surface area contributed by atoms with Crippen LogP contribution in [-0.2, 0) is 11.3 Å². The molecule has 94 valence electrons. The first kappa shape index (κ1) is 12.6. The molecule has 2 aromatic carbocycles. The molecule has 0 unspecified atom stereocenters. The Bertz CT molecular complexity index is 576. The predicted octanol–water partition coefficient (Wildman–Crippen LogP) is 2.69. The van der Waals surface area contributed by atoms with Gasteiger partial charge in [-0.2, -0.15) is 0 Å². The van der Waals surface area contributed by atoms with Crippen molar-refractivity contribution in [2.75, 3.05) is 21.2 Å². The highest BCUT2D eigenvalue weighted by Gasteiger charge is 2.12. The average Bonchev–Trinajstić information content (AvgIpc) is 2.38. The zero-order chi connectivity index (χ0) is 13.1. The van der Waals surface area contributed by atoms with Crippen LogP contribution < -0.4 is 0 Å². The van der Waals surface area contributed by atoms with Gasteiger partial charge in [-0.15, -0.1) is 0 Å². The number of methoxy groups -OCH3 is 1. The van der Waals surface area contributed by atoms with Gasteiger partial charge in [-0.25, -0.2) is 4.79 Å². The summed E-state index contributed by atoms with van der Waals surface area (Å²) in [5.41, 5.74) is 1.83. The molecule has 0 radical (unpaired) electrons. The molecule has 0 bridgehead atoms. The van der Waals surface area contributed by atoms with E-state index in [1.54, 1.807) is 0 Å². The molecule has 0 aliphatic carbocycles. The minimum absolute atomic E-state index is 0.289. The van der Waals surface area contributed by atoms with E-state index in [0.29, 0.717) is 5.56 Å². The molecule has 0 aliphatic rings. The first-order valence-electron chi connectivity index (χ1n) is 5.87. The summed E-state index contributed by atoms with van der Waals surface area (Å²) in [6.45, 7) is 0.849. The highest BCUT2D eigenvalue weighted by atomic mass is 16.5. The van der Waals surface area contributed by atoms with Crippen LogP contribution in [0.15, 0.2) is 36.4 Å². The summed E-state index contributed by atoms with van der Waals surface area (Å²) in [6, 6.07) is 11.8. The highest BCUT2D eigenvalue weighted by Crippen LogP contribution is 2.24. The number of carbonyl (C=O) groups is 1. The number of carbonyl (C=O) groups excluding carboxylic acids is 1. The van der Waals surface area contributed by atoms with Crippen LogP contribution in [0.5, 0.6) is 0 Å². The van der Waals surface area contributed by atoms with Crippen LogP contribution >= 0.6 is 0 Å². The Kier molecular flexibility index (Phi) is 3.63. The maximum Gasteiger partial charge on any atom is 0.338 e. The topological polar surface area (TPSA) is 29.5 Å². The van der Waals surface area contributed by atoms with E-state index in [0.717, 1.165) is 17.3 Å². The molecule has 2 aromatic rings. The number of rotatable bonds is 3. The molecule has 0 spiro atoms. The van der Waals surface area contributed by atoms with Crippen LogP contribution in [-0.4, -0.2) is 32.1 Å². The van der Waals surface area contributed by atoms with Gasteiger partial charge in [-0.05, 0) is 36.5 Å². The second-order valence-corrected chi connectivity index (χ2v) is 4.55. The smallest absolute Gasteiger partial charge is 0.338 e. The summed E-state index contributed by atoms with van der Waals surface area (Å²) < 4.78 is 4.82. The van der Waals surface area contributed by atoms with E-state index in [2.05, 4.69) is 4.90 Å². The Balaban J connectivity index is 2.62. The minimum atomic E-state index is -0.289. The third-order valence-electron chi connectivity index (χ3n) is 2.91. The van der Waals surface area contributed by atoms with Gasteiger partial charge in [0.2, 0.25) is 0 Å². The van der Waals surface area contributed by atoms with Gasteiger partial charge >= 0.3 is 5.97 Å². The molecule has 0 aromatic heterocycles. The van der Waals surface area contributed by atoms with Crippen LogP contribution in [0.1, 0.15) is 15.9 Å². The number of esters is 1. The van der Waals surface area contributed by atoms with Crippen molar-refractivity contribution in [2.24, 2.45) is 0 Å². The lowest BCUT2D eigenvalue weighted by atomic mass is 9.99. The maximum atomic E-state index is 11.7. The number of benzene rings is 2. The molecular formula is C15H17NO2. The zero-order valence-electron chi connectivity index (χ0n) is 10.9. The van der Waals surface area contributed by atoms with E-state index in [-0.39, 0.29) is 5.97 Å². The van der Waals surface area contributed by atoms with Crippen molar-refractivity contribution in [2.45, 2.75) is 6.54 Å². The van der Waals surface area contributed by atoms with Crippen LogP contribution in [0.4, 0.5) is 0 Å². The molecule has 3 nitrogen and oxygen atoms in total. The second kappa shape index (κ2) is 5.19. The van der Waals surface area contributed by atoms with Crippen molar-refractivity contribution >= 4 is 16.7 Å². The zero-order valence-corrected chi connectivity index (χ0v) is 10.9. The van der Waals surface area contributed by atoms with Gasteiger partial charge in [0.15, 0.2) is 0 Å². The van der Waals surface area contributed by atoms with Crippen molar-refractivity contribution in [3.8, 4) is 0 Å². The van der Waals surface area contributed by atoms with Crippen LogP contribution in [0.25, 0.3) is 10.8 Å². The molecule has 0 amide bonds. The molecule has 18 heavy (non-hydrogen) atoms. The van der Waals surface area contributed by atoms with Crippen molar-refractivity contribution < 1.29 is 9.53 Å². The van der Waals surface area contributed by atoms with Gasteiger partial charge in [0, 0.05) is 6.54 Å². The summed E-state index contributed by atoms with van der Waals surface area (Å²) in [6.07, 6.45) is 0. The van der Waals surface area contributed by atoms with E-state index in [1.807, 2.05) is 50.5 Å². The van der Waals surface area contributed by atoms with Gasteiger partial charge in [0.05, 0.1) is 12.7 Å². The fourth-order valence-corrected chi connectivity index (χ4v) is 2.13. The standard InChI is InChI=1S/C15H17NO2/c1-16(2)10-11-8-9-14(15(17)18-3)13-7-5-4-6-12(11)13/h4-9H,10H2,1-3H3. The van der Waals surface area contributed by atoms with Gasteiger partial charge in [0.1, 0.15) is 0 Å². The summed E-state index contributed by atoms with van der Waals surface area (Å²) in [5.74, 6) is -0.289. The summed E-state index contributed by atoms with van der Waals surface area (Å²) in [4.78, 5) is 13.8. The molecule has 0 N–H and O–H groups in total. The number of ether oxygens (including phenoxy) is 1. The van der Waals surface area contributed by atoms with E-state index < -0.39 is 0 Å². The summed E-state index contributed by atoms with van der Waals surface area (Å²) in [7, 11) is 5.47. The first-order valence-corrected chi connectivity index (χ1v) is 5.87.